The molecule has 1 saturated heterocycles. The summed E-state index contributed by atoms with van der Waals surface area (Å²) in [4.78, 5) is 14.1. The average molecular weight is 241 g/mol. The lowest BCUT2D eigenvalue weighted by Crippen LogP contribution is -2.48. The standard InChI is InChI=1S/C13H27N3O/c1-4-5-6-8-15-13(17)11(2)16(3)12-7-9-14-10-12/h11-12,14H,4-10H2,1-3H3,(H,15,17). The molecule has 0 aromatic rings. The van der Waals surface area contributed by atoms with Crippen molar-refractivity contribution in [2.45, 2.75) is 51.6 Å². The zero-order valence-electron chi connectivity index (χ0n) is 11.5. The molecule has 0 aromatic carbocycles. The van der Waals surface area contributed by atoms with Gasteiger partial charge >= 0.3 is 0 Å². The molecule has 4 nitrogen and oxygen atoms in total. The van der Waals surface area contributed by atoms with E-state index in [-0.39, 0.29) is 11.9 Å². The van der Waals surface area contributed by atoms with Crippen molar-refractivity contribution in [3.05, 3.63) is 0 Å². The Bertz CT molecular complexity index is 227. The third-order valence-corrected chi connectivity index (χ3v) is 3.68. The van der Waals surface area contributed by atoms with Crippen LogP contribution in [0.5, 0.6) is 0 Å². The van der Waals surface area contributed by atoms with Gasteiger partial charge in [0.25, 0.3) is 0 Å². The van der Waals surface area contributed by atoms with Crippen molar-refractivity contribution in [1.82, 2.24) is 15.5 Å². The minimum absolute atomic E-state index is 0.0264. The quantitative estimate of drug-likeness (QED) is 0.653. The Morgan fingerprint density at radius 1 is 1.53 bits per heavy atom. The fraction of sp³-hybridized carbons (Fsp3) is 0.923. The van der Waals surface area contributed by atoms with E-state index in [2.05, 4.69) is 22.5 Å². The Kier molecular flexibility index (Phi) is 6.52. The van der Waals surface area contributed by atoms with Gasteiger partial charge in [0.15, 0.2) is 0 Å². The van der Waals surface area contributed by atoms with E-state index in [9.17, 15) is 4.79 Å². The summed E-state index contributed by atoms with van der Waals surface area (Å²) in [5, 5.41) is 6.35. The number of likely N-dealkylation sites (N-methyl/N-ethyl adjacent to an activating group) is 1. The van der Waals surface area contributed by atoms with Gasteiger partial charge in [-0.3, -0.25) is 9.69 Å². The molecule has 100 valence electrons. The minimum atomic E-state index is -0.0264. The summed E-state index contributed by atoms with van der Waals surface area (Å²) in [5.41, 5.74) is 0. The normalized spacial score (nSPS) is 21.8. The highest BCUT2D eigenvalue weighted by atomic mass is 16.2. The smallest absolute Gasteiger partial charge is 0.237 e. The Balaban J connectivity index is 2.24. The second kappa shape index (κ2) is 7.67. The van der Waals surface area contributed by atoms with Gasteiger partial charge in [0.2, 0.25) is 5.91 Å². The first-order chi connectivity index (χ1) is 8.16. The van der Waals surface area contributed by atoms with E-state index in [0.29, 0.717) is 6.04 Å². The highest BCUT2D eigenvalue weighted by Gasteiger charge is 2.26. The summed E-state index contributed by atoms with van der Waals surface area (Å²) in [7, 11) is 2.05. The minimum Gasteiger partial charge on any atom is -0.355 e. The van der Waals surface area contributed by atoms with Crippen molar-refractivity contribution in [3.8, 4) is 0 Å². The first kappa shape index (κ1) is 14.5. The molecule has 0 radical (unpaired) electrons. The summed E-state index contributed by atoms with van der Waals surface area (Å²) in [6, 6.07) is 0.480. The summed E-state index contributed by atoms with van der Waals surface area (Å²) < 4.78 is 0. The average Bonchev–Trinajstić information content (AvgIpc) is 2.86. The Morgan fingerprint density at radius 2 is 2.29 bits per heavy atom. The van der Waals surface area contributed by atoms with E-state index in [1.165, 1.54) is 12.8 Å². The van der Waals surface area contributed by atoms with Crippen LogP contribution in [0.2, 0.25) is 0 Å². The van der Waals surface area contributed by atoms with Gasteiger partial charge in [-0.1, -0.05) is 19.8 Å². The molecular formula is C13H27N3O. The zero-order valence-corrected chi connectivity index (χ0v) is 11.5. The van der Waals surface area contributed by atoms with Crippen LogP contribution in [-0.2, 0) is 4.79 Å². The van der Waals surface area contributed by atoms with Crippen LogP contribution in [0, 0.1) is 0 Å². The summed E-state index contributed by atoms with van der Waals surface area (Å²) in [5.74, 6) is 0.163. The number of hydrogen-bond donors (Lipinski definition) is 2. The SMILES string of the molecule is CCCCCNC(=O)C(C)N(C)C1CCNC1. The van der Waals surface area contributed by atoms with Crippen LogP contribution >= 0.6 is 0 Å². The first-order valence-corrected chi connectivity index (χ1v) is 6.87. The molecule has 0 aromatic heterocycles. The molecule has 1 aliphatic heterocycles. The van der Waals surface area contributed by atoms with Crippen LogP contribution in [0.1, 0.15) is 39.5 Å². The number of rotatable bonds is 7. The van der Waals surface area contributed by atoms with Crippen molar-refractivity contribution in [1.29, 1.82) is 0 Å². The van der Waals surface area contributed by atoms with E-state index in [1.807, 2.05) is 14.0 Å². The van der Waals surface area contributed by atoms with Crippen molar-refractivity contribution < 1.29 is 4.79 Å². The number of nitrogens with zero attached hydrogens (tertiary/aromatic N) is 1. The third-order valence-electron chi connectivity index (χ3n) is 3.68. The van der Waals surface area contributed by atoms with E-state index in [4.69, 9.17) is 0 Å². The van der Waals surface area contributed by atoms with Gasteiger partial charge in [-0.05, 0) is 33.4 Å². The molecular weight excluding hydrogens is 214 g/mol. The Labute approximate surface area is 105 Å². The van der Waals surface area contributed by atoms with Crippen LogP contribution in [0.4, 0.5) is 0 Å². The summed E-state index contributed by atoms with van der Waals surface area (Å²) in [6.45, 7) is 7.05. The highest BCUT2D eigenvalue weighted by Crippen LogP contribution is 2.09. The number of unbranched alkanes of at least 4 members (excludes halogenated alkanes) is 2. The Morgan fingerprint density at radius 3 is 2.88 bits per heavy atom. The Hall–Kier alpha value is -0.610. The van der Waals surface area contributed by atoms with E-state index >= 15 is 0 Å². The fourth-order valence-electron chi connectivity index (χ4n) is 2.22. The van der Waals surface area contributed by atoms with Gasteiger partial charge in [-0.15, -0.1) is 0 Å². The molecule has 2 unspecified atom stereocenters. The van der Waals surface area contributed by atoms with Crippen LogP contribution in [-0.4, -0.2) is 49.6 Å². The lowest BCUT2D eigenvalue weighted by molar-refractivity contribution is -0.126. The van der Waals surface area contributed by atoms with Crippen LogP contribution < -0.4 is 10.6 Å². The summed E-state index contributed by atoms with van der Waals surface area (Å²) in [6.07, 6.45) is 4.61. The van der Waals surface area contributed by atoms with Crippen LogP contribution in [0.3, 0.4) is 0 Å². The fourth-order valence-corrected chi connectivity index (χ4v) is 2.22. The molecule has 1 aliphatic rings. The van der Waals surface area contributed by atoms with Crippen molar-refractivity contribution in [2.24, 2.45) is 0 Å². The first-order valence-electron chi connectivity index (χ1n) is 6.87. The van der Waals surface area contributed by atoms with Crippen LogP contribution in [0.15, 0.2) is 0 Å². The van der Waals surface area contributed by atoms with Crippen molar-refractivity contribution >= 4 is 5.91 Å². The van der Waals surface area contributed by atoms with Crippen molar-refractivity contribution in [2.75, 3.05) is 26.7 Å². The maximum atomic E-state index is 11.9. The largest absolute Gasteiger partial charge is 0.355 e. The van der Waals surface area contributed by atoms with Gasteiger partial charge in [-0.25, -0.2) is 0 Å². The molecule has 2 N–H and O–H groups in total. The second-order valence-electron chi connectivity index (χ2n) is 4.99. The monoisotopic (exact) mass is 241 g/mol. The topological polar surface area (TPSA) is 44.4 Å². The molecule has 0 saturated carbocycles. The predicted octanol–water partition coefficient (Wildman–Crippen LogP) is 0.975. The van der Waals surface area contributed by atoms with Crippen LogP contribution in [0.25, 0.3) is 0 Å². The second-order valence-corrected chi connectivity index (χ2v) is 4.99. The number of nitrogens with one attached hydrogen (secondary N) is 2. The van der Waals surface area contributed by atoms with E-state index in [0.717, 1.165) is 32.5 Å². The maximum Gasteiger partial charge on any atom is 0.237 e. The molecule has 1 rings (SSSR count). The molecule has 0 bridgehead atoms. The number of carbonyl (C=O) groups excluding carboxylic acids is 1. The predicted molar refractivity (Wildman–Crippen MR) is 71.0 cm³/mol. The lowest BCUT2D eigenvalue weighted by Gasteiger charge is -2.29. The molecule has 1 amide bonds. The van der Waals surface area contributed by atoms with E-state index < -0.39 is 0 Å². The molecule has 2 atom stereocenters. The lowest BCUT2D eigenvalue weighted by atomic mass is 10.1. The van der Waals surface area contributed by atoms with Gasteiger partial charge in [0, 0.05) is 19.1 Å². The van der Waals surface area contributed by atoms with Gasteiger partial charge in [0.1, 0.15) is 0 Å². The molecule has 1 fully saturated rings. The molecule has 17 heavy (non-hydrogen) atoms. The molecule has 4 heteroatoms. The third kappa shape index (κ3) is 4.64. The molecule has 1 heterocycles. The summed E-state index contributed by atoms with van der Waals surface area (Å²) >= 11 is 0. The van der Waals surface area contributed by atoms with E-state index in [1.54, 1.807) is 0 Å². The molecule has 0 aliphatic carbocycles. The van der Waals surface area contributed by atoms with Crippen molar-refractivity contribution in [3.63, 3.8) is 0 Å². The number of hydrogen-bond acceptors (Lipinski definition) is 3. The van der Waals surface area contributed by atoms with Gasteiger partial charge in [-0.2, -0.15) is 0 Å². The number of amides is 1. The van der Waals surface area contributed by atoms with Gasteiger partial charge in [0.05, 0.1) is 6.04 Å². The molecule has 0 spiro atoms. The van der Waals surface area contributed by atoms with Gasteiger partial charge < -0.3 is 10.6 Å². The number of carbonyl (C=O) groups is 1. The maximum absolute atomic E-state index is 11.9. The zero-order chi connectivity index (χ0) is 12.7. The highest BCUT2D eigenvalue weighted by molar-refractivity contribution is 5.81.